The highest BCUT2D eigenvalue weighted by molar-refractivity contribution is 5.91. The SMILES string of the molecule is O=C(OC1C(O)[C@@H](O)CO[C@H]1Oc1c(-c2ccc(O)c(O)c2)oc2cc(O)cc(O)c2c1=O)c1cc(O)c(O)c(O)c1. The molecule has 42 heavy (non-hydrogen) atoms. The molecule has 0 spiro atoms. The van der Waals surface area contributed by atoms with E-state index in [0.717, 1.165) is 36.4 Å². The van der Waals surface area contributed by atoms with E-state index in [-0.39, 0.29) is 11.1 Å². The number of aromatic hydroxyl groups is 7. The van der Waals surface area contributed by atoms with Crippen LogP contribution in [-0.2, 0) is 9.47 Å². The normalized spacial score (nSPS) is 20.3. The van der Waals surface area contributed by atoms with Crippen LogP contribution in [0.4, 0.5) is 0 Å². The quantitative estimate of drug-likeness (QED) is 0.117. The van der Waals surface area contributed by atoms with Crippen LogP contribution in [0.2, 0.25) is 0 Å². The summed E-state index contributed by atoms with van der Waals surface area (Å²) < 4.78 is 22.1. The average molecular weight is 586 g/mol. The van der Waals surface area contributed by atoms with Crippen LogP contribution in [0.25, 0.3) is 22.3 Å². The molecule has 4 aromatic rings. The molecule has 15 nitrogen and oxygen atoms in total. The largest absolute Gasteiger partial charge is 0.508 e. The summed E-state index contributed by atoms with van der Waals surface area (Å²) >= 11 is 0. The Morgan fingerprint density at radius 2 is 1.52 bits per heavy atom. The second-order valence-electron chi connectivity index (χ2n) is 9.24. The molecule has 2 heterocycles. The van der Waals surface area contributed by atoms with Gasteiger partial charge in [-0.2, -0.15) is 0 Å². The third-order valence-electron chi connectivity index (χ3n) is 6.37. The number of hydrogen-bond donors (Lipinski definition) is 9. The topological polar surface area (TPSA) is 257 Å². The predicted molar refractivity (Wildman–Crippen MR) is 138 cm³/mol. The third-order valence-corrected chi connectivity index (χ3v) is 6.37. The van der Waals surface area contributed by atoms with Crippen LogP contribution in [0.5, 0.6) is 46.0 Å². The third kappa shape index (κ3) is 4.98. The number of benzene rings is 3. The number of hydrogen-bond acceptors (Lipinski definition) is 15. The zero-order chi connectivity index (χ0) is 30.5. The summed E-state index contributed by atoms with van der Waals surface area (Å²) in [5, 5.41) is 89.4. The molecule has 220 valence electrons. The molecule has 9 N–H and O–H groups in total. The van der Waals surface area contributed by atoms with E-state index >= 15 is 0 Å². The molecule has 0 saturated carbocycles. The highest BCUT2D eigenvalue weighted by Crippen LogP contribution is 2.40. The van der Waals surface area contributed by atoms with E-state index in [1.54, 1.807) is 0 Å². The molecule has 1 fully saturated rings. The van der Waals surface area contributed by atoms with E-state index in [2.05, 4.69) is 0 Å². The second kappa shape index (κ2) is 10.5. The maximum absolute atomic E-state index is 13.6. The standard InChI is InChI=1S/C27H22O15/c28-11-6-14(31)19-18(7-11)40-23(9-1-2-12(29)13(30)3-9)24(22(19)37)42-27-25(21(36)17(34)8-39-27)41-26(38)10-4-15(32)20(35)16(33)5-10/h1-7,17,21,25,27-36H,8H2/t17-,21?,25?,27-/m0/s1. The van der Waals surface area contributed by atoms with Crippen molar-refractivity contribution in [2.45, 2.75) is 24.6 Å². The van der Waals surface area contributed by atoms with E-state index in [9.17, 15) is 55.5 Å². The molecule has 1 saturated heterocycles. The fourth-order valence-corrected chi connectivity index (χ4v) is 4.25. The van der Waals surface area contributed by atoms with Crippen molar-refractivity contribution in [3.63, 3.8) is 0 Å². The Labute approximate surface area is 233 Å². The van der Waals surface area contributed by atoms with Crippen LogP contribution in [0.15, 0.2) is 51.7 Å². The van der Waals surface area contributed by atoms with E-state index in [4.69, 9.17) is 18.6 Å². The monoisotopic (exact) mass is 586 g/mol. The molecule has 1 aliphatic heterocycles. The molecule has 5 rings (SSSR count). The summed E-state index contributed by atoms with van der Waals surface area (Å²) in [6, 6.07) is 6.71. The van der Waals surface area contributed by atoms with Crippen molar-refractivity contribution in [3.05, 3.63) is 58.3 Å². The average Bonchev–Trinajstić information content (AvgIpc) is 2.93. The molecule has 0 amide bonds. The van der Waals surface area contributed by atoms with Gasteiger partial charge < -0.3 is 64.6 Å². The first kappa shape index (κ1) is 28.2. The smallest absolute Gasteiger partial charge is 0.339 e. The molecule has 3 aromatic carbocycles. The molecule has 15 heteroatoms. The van der Waals surface area contributed by atoms with Gasteiger partial charge in [0.2, 0.25) is 17.5 Å². The first-order valence-corrected chi connectivity index (χ1v) is 12.0. The summed E-state index contributed by atoms with van der Waals surface area (Å²) in [5.41, 5.74) is -1.85. The van der Waals surface area contributed by atoms with Crippen molar-refractivity contribution >= 4 is 16.9 Å². The van der Waals surface area contributed by atoms with E-state index < -0.39 is 105 Å². The molecule has 0 radical (unpaired) electrons. The summed E-state index contributed by atoms with van der Waals surface area (Å²) in [4.78, 5) is 26.4. The Morgan fingerprint density at radius 1 is 0.833 bits per heavy atom. The fourth-order valence-electron chi connectivity index (χ4n) is 4.25. The lowest BCUT2D eigenvalue weighted by atomic mass is 10.0. The number of phenols is 7. The fraction of sp³-hybridized carbons (Fsp3) is 0.185. The summed E-state index contributed by atoms with van der Waals surface area (Å²) in [6.45, 7) is -0.561. The van der Waals surface area contributed by atoms with Gasteiger partial charge in [0.25, 0.3) is 0 Å². The molecule has 4 atom stereocenters. The Morgan fingerprint density at radius 3 is 2.19 bits per heavy atom. The summed E-state index contributed by atoms with van der Waals surface area (Å²) in [7, 11) is 0. The summed E-state index contributed by atoms with van der Waals surface area (Å²) in [5.74, 6) is -7.28. The number of aliphatic hydroxyl groups is 2. The first-order valence-electron chi connectivity index (χ1n) is 12.0. The molecule has 1 aliphatic rings. The molecular weight excluding hydrogens is 564 g/mol. The second-order valence-corrected chi connectivity index (χ2v) is 9.24. The maximum atomic E-state index is 13.6. The molecule has 0 bridgehead atoms. The van der Waals surface area contributed by atoms with Crippen molar-refractivity contribution < 1.29 is 69.4 Å². The van der Waals surface area contributed by atoms with Crippen molar-refractivity contribution in [1.29, 1.82) is 0 Å². The van der Waals surface area contributed by atoms with Crippen LogP contribution >= 0.6 is 0 Å². The molecule has 0 aliphatic carbocycles. The van der Waals surface area contributed by atoms with Gasteiger partial charge in [0, 0.05) is 17.7 Å². The number of carbonyl (C=O) groups is 1. The minimum absolute atomic E-state index is 0.0397. The number of phenolic OH excluding ortho intramolecular Hbond substituents is 7. The Kier molecular flexibility index (Phi) is 7.07. The highest BCUT2D eigenvalue weighted by Gasteiger charge is 2.44. The minimum atomic E-state index is -1.86. The van der Waals surface area contributed by atoms with Gasteiger partial charge in [0.15, 0.2) is 40.6 Å². The minimum Gasteiger partial charge on any atom is -0.508 e. The van der Waals surface area contributed by atoms with Crippen LogP contribution < -0.4 is 10.2 Å². The summed E-state index contributed by atoms with van der Waals surface area (Å²) in [6.07, 6.45) is -7.14. The lowest BCUT2D eigenvalue weighted by Crippen LogP contribution is -2.56. The number of rotatable bonds is 5. The van der Waals surface area contributed by atoms with Crippen molar-refractivity contribution in [3.8, 4) is 57.3 Å². The van der Waals surface area contributed by atoms with Gasteiger partial charge in [-0.1, -0.05) is 0 Å². The Bertz CT molecular complexity index is 1740. The van der Waals surface area contributed by atoms with Gasteiger partial charge in [-0.05, 0) is 30.3 Å². The van der Waals surface area contributed by atoms with Crippen LogP contribution in [-0.4, -0.2) is 83.1 Å². The first-order chi connectivity index (χ1) is 19.8. The maximum Gasteiger partial charge on any atom is 0.339 e. The Balaban J connectivity index is 1.60. The van der Waals surface area contributed by atoms with Gasteiger partial charge >= 0.3 is 5.97 Å². The van der Waals surface area contributed by atoms with Crippen LogP contribution in [0.3, 0.4) is 0 Å². The highest BCUT2D eigenvalue weighted by atomic mass is 16.7. The number of ether oxygens (including phenoxy) is 3. The predicted octanol–water partition coefficient (Wildman–Crippen LogP) is 1.08. The van der Waals surface area contributed by atoms with Gasteiger partial charge in [-0.25, -0.2) is 4.79 Å². The van der Waals surface area contributed by atoms with E-state index in [1.807, 2.05) is 0 Å². The van der Waals surface area contributed by atoms with Crippen molar-refractivity contribution in [1.82, 2.24) is 0 Å². The molecule has 2 unspecified atom stereocenters. The zero-order valence-electron chi connectivity index (χ0n) is 21.0. The van der Waals surface area contributed by atoms with Crippen LogP contribution in [0.1, 0.15) is 10.4 Å². The number of fused-ring (bicyclic) bond motifs is 1. The van der Waals surface area contributed by atoms with Crippen LogP contribution in [0, 0.1) is 0 Å². The van der Waals surface area contributed by atoms with E-state index in [1.165, 1.54) is 6.07 Å². The molecule has 1 aromatic heterocycles. The lowest BCUT2D eigenvalue weighted by molar-refractivity contribution is -0.241. The van der Waals surface area contributed by atoms with Crippen molar-refractivity contribution in [2.75, 3.05) is 6.61 Å². The van der Waals surface area contributed by atoms with E-state index in [0.29, 0.717) is 0 Å². The number of carbonyl (C=O) groups excluding carboxylic acids is 1. The van der Waals surface area contributed by atoms with Gasteiger partial charge in [-0.15, -0.1) is 0 Å². The molecular formula is C27H22O15. The van der Waals surface area contributed by atoms with Crippen molar-refractivity contribution in [2.24, 2.45) is 0 Å². The lowest BCUT2D eigenvalue weighted by Gasteiger charge is -2.37. The van der Waals surface area contributed by atoms with Gasteiger partial charge in [-0.3, -0.25) is 4.79 Å². The number of esters is 1. The number of aliphatic hydroxyl groups excluding tert-OH is 2. The van der Waals surface area contributed by atoms with Gasteiger partial charge in [0.1, 0.15) is 34.7 Å². The van der Waals surface area contributed by atoms with Gasteiger partial charge in [0.05, 0.1) is 12.2 Å². The zero-order valence-corrected chi connectivity index (χ0v) is 21.0. The Hall–Kier alpha value is -5.38.